The molecule has 1 amide bonds. The zero-order valence-electron chi connectivity index (χ0n) is 17.3. The Morgan fingerprint density at radius 2 is 1.88 bits per heavy atom. The van der Waals surface area contributed by atoms with Crippen molar-refractivity contribution in [3.63, 3.8) is 0 Å². The van der Waals surface area contributed by atoms with E-state index in [1.54, 1.807) is 4.90 Å². The van der Waals surface area contributed by atoms with Gasteiger partial charge in [-0.1, -0.05) is 12.1 Å². The Balaban J connectivity index is 1.47. The second kappa shape index (κ2) is 8.57. The number of carbonyl (C=O) groups excluding carboxylic acids is 1. The number of H-pyrrole nitrogens is 1. The molecule has 1 saturated heterocycles. The van der Waals surface area contributed by atoms with Crippen LogP contribution in [0.5, 0.6) is 0 Å². The highest BCUT2D eigenvalue weighted by molar-refractivity contribution is 5.92. The minimum atomic E-state index is -4.35. The van der Waals surface area contributed by atoms with Gasteiger partial charge in [-0.3, -0.25) is 14.6 Å². The first-order chi connectivity index (χ1) is 15.2. The SMILES string of the molecule is Cc1cc(Cc2ccc(C(F)(F)F)cc2)cc([C@@H]2CCN(C(=O)c3ccc(=O)[nH]n3)C2)n1. The molecule has 0 unspecified atom stereocenters. The minimum Gasteiger partial charge on any atom is -0.337 e. The standard InChI is InChI=1S/C23H21F3N4O2/c1-14-10-16(11-15-2-4-18(5-3-15)23(24,25)26)12-20(27-14)17-8-9-30(13-17)22(32)19-6-7-21(31)29-28-19/h2-7,10,12,17H,8-9,11,13H2,1H3,(H,29,31)/t17-/m1/s1. The molecule has 9 heteroatoms. The molecule has 3 aromatic rings. The van der Waals surface area contributed by atoms with E-state index in [1.807, 2.05) is 19.1 Å². The molecule has 3 heterocycles. The van der Waals surface area contributed by atoms with Gasteiger partial charge in [0.25, 0.3) is 11.5 Å². The summed E-state index contributed by atoms with van der Waals surface area (Å²) in [5.74, 6) is -0.200. The molecule has 1 N–H and O–H groups in total. The van der Waals surface area contributed by atoms with E-state index in [2.05, 4.69) is 15.2 Å². The predicted octanol–water partition coefficient (Wildman–Crippen LogP) is 3.71. The van der Waals surface area contributed by atoms with Gasteiger partial charge in [-0.2, -0.15) is 18.3 Å². The van der Waals surface area contributed by atoms with Crippen LogP contribution in [0.15, 0.2) is 53.3 Å². The van der Waals surface area contributed by atoms with E-state index in [9.17, 15) is 22.8 Å². The van der Waals surface area contributed by atoms with E-state index in [4.69, 9.17) is 0 Å². The lowest BCUT2D eigenvalue weighted by Gasteiger charge is -2.16. The number of halogens is 3. The van der Waals surface area contributed by atoms with Gasteiger partial charge in [0.15, 0.2) is 0 Å². The van der Waals surface area contributed by atoms with Gasteiger partial charge < -0.3 is 4.90 Å². The second-order valence-corrected chi connectivity index (χ2v) is 7.96. The molecule has 166 valence electrons. The lowest BCUT2D eigenvalue weighted by atomic mass is 9.98. The van der Waals surface area contributed by atoms with Crippen LogP contribution >= 0.6 is 0 Å². The molecular weight excluding hydrogens is 421 g/mol. The fourth-order valence-corrected chi connectivity index (χ4v) is 3.94. The smallest absolute Gasteiger partial charge is 0.337 e. The summed E-state index contributed by atoms with van der Waals surface area (Å²) in [5, 5.41) is 6.07. The van der Waals surface area contributed by atoms with Crippen molar-refractivity contribution in [3.05, 3.63) is 92.7 Å². The normalized spacial score (nSPS) is 16.4. The lowest BCUT2D eigenvalue weighted by molar-refractivity contribution is -0.137. The molecule has 0 spiro atoms. The van der Waals surface area contributed by atoms with Crippen molar-refractivity contribution in [1.29, 1.82) is 0 Å². The predicted molar refractivity (Wildman–Crippen MR) is 111 cm³/mol. The Kier molecular flexibility index (Phi) is 5.82. The number of carbonyl (C=O) groups is 1. The zero-order valence-corrected chi connectivity index (χ0v) is 17.3. The molecule has 32 heavy (non-hydrogen) atoms. The van der Waals surface area contributed by atoms with Crippen molar-refractivity contribution in [2.24, 2.45) is 0 Å². The summed E-state index contributed by atoms with van der Waals surface area (Å²) in [6.07, 6.45) is -3.12. The molecule has 6 nitrogen and oxygen atoms in total. The van der Waals surface area contributed by atoms with Crippen LogP contribution in [0.3, 0.4) is 0 Å². The molecule has 1 aliphatic heterocycles. The number of pyridine rings is 1. The van der Waals surface area contributed by atoms with Crippen molar-refractivity contribution < 1.29 is 18.0 Å². The van der Waals surface area contributed by atoms with Gasteiger partial charge >= 0.3 is 6.18 Å². The number of rotatable bonds is 4. The van der Waals surface area contributed by atoms with Gasteiger partial charge in [0.05, 0.1) is 5.56 Å². The molecule has 0 bridgehead atoms. The zero-order chi connectivity index (χ0) is 22.9. The van der Waals surface area contributed by atoms with Crippen LogP contribution in [0.1, 0.15) is 50.9 Å². The van der Waals surface area contributed by atoms with E-state index in [0.717, 1.165) is 41.1 Å². The first-order valence-electron chi connectivity index (χ1n) is 10.2. The second-order valence-electron chi connectivity index (χ2n) is 7.96. The molecule has 0 radical (unpaired) electrons. The first kappa shape index (κ1) is 21.7. The van der Waals surface area contributed by atoms with Crippen LogP contribution in [-0.4, -0.2) is 39.1 Å². The van der Waals surface area contributed by atoms with Gasteiger partial charge in [0.2, 0.25) is 0 Å². The average Bonchev–Trinajstić information content (AvgIpc) is 3.23. The molecule has 0 aliphatic carbocycles. The van der Waals surface area contributed by atoms with E-state index >= 15 is 0 Å². The van der Waals surface area contributed by atoms with Gasteiger partial charge in [-0.25, -0.2) is 5.10 Å². The third kappa shape index (κ3) is 4.87. The van der Waals surface area contributed by atoms with E-state index < -0.39 is 11.7 Å². The summed E-state index contributed by atoms with van der Waals surface area (Å²) in [6.45, 7) is 2.91. The van der Waals surface area contributed by atoms with Crippen LogP contribution in [0, 0.1) is 6.92 Å². The number of aromatic amines is 1. The van der Waals surface area contributed by atoms with Crippen molar-refractivity contribution in [1.82, 2.24) is 20.1 Å². The maximum absolute atomic E-state index is 12.8. The Bertz CT molecular complexity index is 1170. The third-order valence-electron chi connectivity index (χ3n) is 5.51. The van der Waals surface area contributed by atoms with E-state index in [1.165, 1.54) is 24.3 Å². The fourth-order valence-electron chi connectivity index (χ4n) is 3.94. The number of nitrogens with one attached hydrogen (secondary N) is 1. The largest absolute Gasteiger partial charge is 0.416 e. The van der Waals surface area contributed by atoms with Gasteiger partial charge in [-0.05, 0) is 61.2 Å². The van der Waals surface area contributed by atoms with Crippen LogP contribution in [0.2, 0.25) is 0 Å². The summed E-state index contributed by atoms with van der Waals surface area (Å²) in [7, 11) is 0. The molecule has 4 rings (SSSR count). The highest BCUT2D eigenvalue weighted by Crippen LogP contribution is 2.30. The van der Waals surface area contributed by atoms with Crippen LogP contribution in [0.25, 0.3) is 0 Å². The maximum atomic E-state index is 12.8. The van der Waals surface area contributed by atoms with E-state index in [-0.39, 0.29) is 23.1 Å². The highest BCUT2D eigenvalue weighted by Gasteiger charge is 2.31. The molecular formula is C23H21F3N4O2. The number of likely N-dealkylation sites (tertiary alicyclic amines) is 1. The Morgan fingerprint density at radius 3 is 2.53 bits per heavy atom. The number of aromatic nitrogens is 3. The van der Waals surface area contributed by atoms with Crippen molar-refractivity contribution in [2.45, 2.75) is 31.9 Å². The average molecular weight is 442 g/mol. The molecule has 1 aliphatic rings. The van der Waals surface area contributed by atoms with Crippen LogP contribution < -0.4 is 5.56 Å². The summed E-state index contributed by atoms with van der Waals surface area (Å²) in [6, 6.07) is 11.7. The highest BCUT2D eigenvalue weighted by atomic mass is 19.4. The summed E-state index contributed by atoms with van der Waals surface area (Å²) in [5.41, 5.74) is 2.56. The van der Waals surface area contributed by atoms with Crippen molar-refractivity contribution in [3.8, 4) is 0 Å². The number of benzene rings is 1. The number of aryl methyl sites for hydroxylation is 1. The topological polar surface area (TPSA) is 79.0 Å². The summed E-state index contributed by atoms with van der Waals surface area (Å²) < 4.78 is 38.4. The third-order valence-corrected chi connectivity index (χ3v) is 5.51. The number of hydrogen-bond donors (Lipinski definition) is 1. The van der Waals surface area contributed by atoms with Gasteiger partial charge in [0, 0.05) is 36.5 Å². The van der Waals surface area contributed by atoms with E-state index in [0.29, 0.717) is 19.5 Å². The molecule has 1 fully saturated rings. The maximum Gasteiger partial charge on any atom is 0.416 e. The molecule has 1 aromatic carbocycles. The monoisotopic (exact) mass is 442 g/mol. The lowest BCUT2D eigenvalue weighted by Crippen LogP contribution is -2.30. The quantitative estimate of drug-likeness (QED) is 0.668. The number of nitrogens with zero attached hydrogens (tertiary/aromatic N) is 3. The van der Waals surface area contributed by atoms with Gasteiger partial charge in [-0.15, -0.1) is 0 Å². The minimum absolute atomic E-state index is 0.0490. The van der Waals surface area contributed by atoms with Crippen molar-refractivity contribution in [2.75, 3.05) is 13.1 Å². The number of amides is 1. The fraction of sp³-hybridized carbons (Fsp3) is 0.304. The summed E-state index contributed by atoms with van der Waals surface area (Å²) in [4.78, 5) is 30.1. The Labute approximate surface area is 182 Å². The van der Waals surface area contributed by atoms with Crippen molar-refractivity contribution >= 4 is 5.91 Å². The van der Waals surface area contributed by atoms with Gasteiger partial charge in [0.1, 0.15) is 5.69 Å². The number of alkyl halides is 3. The van der Waals surface area contributed by atoms with Crippen LogP contribution in [0.4, 0.5) is 13.2 Å². The van der Waals surface area contributed by atoms with Crippen LogP contribution in [-0.2, 0) is 12.6 Å². The Hall–Kier alpha value is -3.49. The number of hydrogen-bond acceptors (Lipinski definition) is 4. The molecule has 0 saturated carbocycles. The first-order valence-corrected chi connectivity index (χ1v) is 10.2. The molecule has 2 aromatic heterocycles. The molecule has 1 atom stereocenters. The summed E-state index contributed by atoms with van der Waals surface area (Å²) >= 11 is 0. The Morgan fingerprint density at radius 1 is 1.12 bits per heavy atom.